The van der Waals surface area contributed by atoms with E-state index in [1.807, 2.05) is 19.0 Å². The highest BCUT2D eigenvalue weighted by molar-refractivity contribution is 7.23. The van der Waals surface area contributed by atoms with Crippen LogP contribution in [0.3, 0.4) is 0 Å². The molecule has 0 bridgehead atoms. The summed E-state index contributed by atoms with van der Waals surface area (Å²) in [5.41, 5.74) is 1.30. The van der Waals surface area contributed by atoms with Crippen LogP contribution in [0.5, 0.6) is 5.75 Å². The fraction of sp³-hybridized carbons (Fsp3) is 0.300. The van der Waals surface area contributed by atoms with Crippen LogP contribution in [0.15, 0.2) is 36.4 Å². The van der Waals surface area contributed by atoms with Gasteiger partial charge in [-0.2, -0.15) is 0 Å². The molecular formula is C20H22Cl2N4O4S. The number of amides is 1. The van der Waals surface area contributed by atoms with Crippen LogP contribution in [-0.2, 0) is 11.2 Å². The van der Waals surface area contributed by atoms with Crippen molar-refractivity contribution in [3.05, 3.63) is 57.1 Å². The third-order valence-electron chi connectivity index (χ3n) is 4.47. The minimum Gasteiger partial charge on any atom is -0.494 e. The maximum atomic E-state index is 13.1. The number of aromatic nitrogens is 1. The second-order valence-electron chi connectivity index (χ2n) is 6.87. The Labute approximate surface area is 194 Å². The number of nitrogens with zero attached hydrogens (tertiary/aromatic N) is 4. The maximum Gasteiger partial charge on any atom is 0.269 e. The molecule has 0 saturated carbocycles. The number of ether oxygens (including phenoxy) is 1. The van der Waals surface area contributed by atoms with Gasteiger partial charge in [-0.15, -0.1) is 12.4 Å². The van der Waals surface area contributed by atoms with E-state index in [2.05, 4.69) is 4.98 Å². The Kier molecular flexibility index (Phi) is 8.58. The quantitative estimate of drug-likeness (QED) is 0.347. The molecule has 2 aromatic carbocycles. The molecule has 0 aliphatic rings. The summed E-state index contributed by atoms with van der Waals surface area (Å²) in [5.74, 6) is 0.437. The Hall–Kier alpha value is -2.46. The van der Waals surface area contributed by atoms with Crippen molar-refractivity contribution in [2.75, 3.05) is 39.2 Å². The molecule has 0 spiro atoms. The van der Waals surface area contributed by atoms with Crippen molar-refractivity contribution >= 4 is 62.3 Å². The van der Waals surface area contributed by atoms with E-state index < -0.39 is 4.92 Å². The van der Waals surface area contributed by atoms with Crippen molar-refractivity contribution in [3.8, 4) is 5.75 Å². The van der Waals surface area contributed by atoms with E-state index in [1.54, 1.807) is 36.3 Å². The van der Waals surface area contributed by atoms with E-state index in [0.717, 1.165) is 4.70 Å². The molecule has 1 amide bonds. The first-order valence-corrected chi connectivity index (χ1v) is 10.3. The lowest BCUT2D eigenvalue weighted by Gasteiger charge is -2.22. The number of nitro groups is 1. The Morgan fingerprint density at radius 1 is 1.19 bits per heavy atom. The molecule has 0 fully saturated rings. The molecule has 166 valence electrons. The first kappa shape index (κ1) is 24.8. The summed E-state index contributed by atoms with van der Waals surface area (Å²) >= 11 is 7.66. The molecule has 0 aliphatic heterocycles. The van der Waals surface area contributed by atoms with Crippen LogP contribution in [0, 0.1) is 10.1 Å². The van der Waals surface area contributed by atoms with Gasteiger partial charge in [-0.3, -0.25) is 19.8 Å². The van der Waals surface area contributed by atoms with Gasteiger partial charge in [0, 0.05) is 25.2 Å². The average Bonchev–Trinajstić information content (AvgIpc) is 3.14. The molecule has 0 saturated heterocycles. The summed E-state index contributed by atoms with van der Waals surface area (Å²) in [6, 6.07) is 9.48. The van der Waals surface area contributed by atoms with Crippen LogP contribution in [0.25, 0.3) is 10.2 Å². The number of nitro benzene ring substituents is 1. The SMILES string of the molecule is COc1ccc(Cl)c2sc(N(CCN(C)C)C(=O)Cc3ccc([N+](=O)[O-])cc3)nc12.Cl. The van der Waals surface area contributed by atoms with E-state index >= 15 is 0 Å². The predicted molar refractivity (Wildman–Crippen MR) is 126 cm³/mol. The van der Waals surface area contributed by atoms with Crippen LogP contribution in [-0.4, -0.2) is 55.0 Å². The molecule has 3 rings (SSSR count). The molecular weight excluding hydrogens is 463 g/mol. The van der Waals surface area contributed by atoms with Crippen molar-refractivity contribution in [1.29, 1.82) is 0 Å². The summed E-state index contributed by atoms with van der Waals surface area (Å²) < 4.78 is 6.13. The zero-order chi connectivity index (χ0) is 21.8. The summed E-state index contributed by atoms with van der Waals surface area (Å²) in [5, 5.41) is 11.9. The summed E-state index contributed by atoms with van der Waals surface area (Å²) in [7, 11) is 5.42. The summed E-state index contributed by atoms with van der Waals surface area (Å²) in [6.45, 7) is 1.09. The molecule has 0 N–H and O–H groups in total. The monoisotopic (exact) mass is 484 g/mol. The zero-order valence-corrected chi connectivity index (χ0v) is 19.6. The van der Waals surface area contributed by atoms with Gasteiger partial charge in [-0.1, -0.05) is 35.1 Å². The maximum absolute atomic E-state index is 13.1. The molecule has 0 radical (unpaired) electrons. The van der Waals surface area contributed by atoms with Crippen LogP contribution in [0.1, 0.15) is 5.56 Å². The largest absolute Gasteiger partial charge is 0.494 e. The van der Waals surface area contributed by atoms with Gasteiger partial charge in [0.25, 0.3) is 5.69 Å². The minimum absolute atomic E-state index is 0. The molecule has 1 heterocycles. The first-order valence-electron chi connectivity index (χ1n) is 9.11. The molecule has 1 aromatic heterocycles. The van der Waals surface area contributed by atoms with Gasteiger partial charge >= 0.3 is 0 Å². The number of thiazole rings is 1. The molecule has 0 atom stereocenters. The number of carbonyl (C=O) groups is 1. The zero-order valence-electron chi connectivity index (χ0n) is 17.2. The number of carbonyl (C=O) groups excluding carboxylic acids is 1. The molecule has 31 heavy (non-hydrogen) atoms. The highest BCUT2D eigenvalue weighted by Crippen LogP contribution is 2.38. The number of non-ortho nitro benzene ring substituents is 1. The van der Waals surface area contributed by atoms with Gasteiger partial charge in [0.15, 0.2) is 5.13 Å². The van der Waals surface area contributed by atoms with Gasteiger partial charge in [-0.05, 0) is 31.8 Å². The Balaban J connectivity index is 0.00000341. The molecule has 0 unspecified atom stereocenters. The Morgan fingerprint density at radius 2 is 1.87 bits per heavy atom. The van der Waals surface area contributed by atoms with Gasteiger partial charge in [0.05, 0.1) is 28.2 Å². The van der Waals surface area contributed by atoms with Crippen molar-refractivity contribution in [1.82, 2.24) is 9.88 Å². The normalized spacial score (nSPS) is 10.7. The fourth-order valence-corrected chi connectivity index (χ4v) is 4.15. The highest BCUT2D eigenvalue weighted by atomic mass is 35.5. The standard InChI is InChI=1S/C20H21ClN4O4S.ClH/c1-23(2)10-11-24(17(26)12-13-4-6-14(7-5-13)25(27)28)20-22-18-16(29-3)9-8-15(21)19(18)30-20;/h4-9H,10-12H2,1-3H3;1H. The van der Waals surface area contributed by atoms with Crippen LogP contribution in [0.4, 0.5) is 10.8 Å². The van der Waals surface area contributed by atoms with E-state index in [1.165, 1.54) is 23.5 Å². The number of hydrogen-bond acceptors (Lipinski definition) is 7. The number of likely N-dealkylation sites (N-methyl/N-ethyl adjacent to an activating group) is 1. The smallest absolute Gasteiger partial charge is 0.269 e. The first-order chi connectivity index (χ1) is 14.3. The topological polar surface area (TPSA) is 88.8 Å². The second-order valence-corrected chi connectivity index (χ2v) is 8.26. The lowest BCUT2D eigenvalue weighted by molar-refractivity contribution is -0.384. The minimum atomic E-state index is -0.465. The summed E-state index contributed by atoms with van der Waals surface area (Å²) in [4.78, 5) is 31.7. The van der Waals surface area contributed by atoms with Crippen LogP contribution < -0.4 is 9.64 Å². The number of rotatable bonds is 8. The fourth-order valence-electron chi connectivity index (χ4n) is 2.85. The number of hydrogen-bond donors (Lipinski definition) is 0. The van der Waals surface area contributed by atoms with Crippen molar-refractivity contribution < 1.29 is 14.5 Å². The van der Waals surface area contributed by atoms with E-state index in [0.29, 0.717) is 40.1 Å². The van der Waals surface area contributed by atoms with Crippen molar-refractivity contribution in [3.63, 3.8) is 0 Å². The van der Waals surface area contributed by atoms with Gasteiger partial charge in [0.2, 0.25) is 5.91 Å². The molecule has 0 aliphatic carbocycles. The number of benzene rings is 2. The van der Waals surface area contributed by atoms with Gasteiger partial charge in [0.1, 0.15) is 11.3 Å². The number of halogens is 2. The Bertz CT molecular complexity index is 1070. The predicted octanol–water partition coefficient (Wildman–Crippen LogP) is 4.43. The third kappa shape index (κ3) is 5.82. The third-order valence-corrected chi connectivity index (χ3v) is 6.01. The molecule has 8 nitrogen and oxygen atoms in total. The lowest BCUT2D eigenvalue weighted by atomic mass is 10.1. The van der Waals surface area contributed by atoms with E-state index in [-0.39, 0.29) is 30.4 Å². The van der Waals surface area contributed by atoms with E-state index in [4.69, 9.17) is 16.3 Å². The summed E-state index contributed by atoms with van der Waals surface area (Å²) in [6.07, 6.45) is 0.103. The van der Waals surface area contributed by atoms with Gasteiger partial charge < -0.3 is 9.64 Å². The number of fused-ring (bicyclic) bond motifs is 1. The van der Waals surface area contributed by atoms with Crippen molar-refractivity contribution in [2.24, 2.45) is 0 Å². The number of anilines is 1. The van der Waals surface area contributed by atoms with Crippen LogP contribution >= 0.6 is 35.3 Å². The van der Waals surface area contributed by atoms with Crippen LogP contribution in [0.2, 0.25) is 5.02 Å². The molecule has 11 heteroatoms. The Morgan fingerprint density at radius 3 is 2.45 bits per heavy atom. The average molecular weight is 485 g/mol. The number of methoxy groups -OCH3 is 1. The van der Waals surface area contributed by atoms with Crippen molar-refractivity contribution in [2.45, 2.75) is 6.42 Å². The second kappa shape index (κ2) is 10.7. The lowest BCUT2D eigenvalue weighted by Crippen LogP contribution is -2.37. The van der Waals surface area contributed by atoms with Gasteiger partial charge in [-0.25, -0.2) is 4.98 Å². The van der Waals surface area contributed by atoms with E-state index in [9.17, 15) is 14.9 Å². The molecule has 3 aromatic rings. The highest BCUT2D eigenvalue weighted by Gasteiger charge is 2.22.